The van der Waals surface area contributed by atoms with Crippen LogP contribution in [0.2, 0.25) is 0 Å². The number of ether oxygens (including phenoxy) is 1. The molecule has 1 aliphatic heterocycles. The number of azide groups is 1. The van der Waals surface area contributed by atoms with Crippen molar-refractivity contribution in [2.75, 3.05) is 13.2 Å². The standard InChI is InChI=1S/C22H24N4O4/c23-25-24-20(19(12-7-13-27)17-10-5-2-6-11-17)21(28)26-18(15-30-22(26)29)14-16-8-3-1-4-9-16/h1-6,8-11,18-20,27H,7,12-15H2/t18-,19+,20-/m0/s1. The van der Waals surface area contributed by atoms with Crippen LogP contribution in [0.1, 0.15) is 29.9 Å². The molecule has 2 aromatic rings. The van der Waals surface area contributed by atoms with Crippen LogP contribution in [0.4, 0.5) is 4.79 Å². The zero-order valence-corrected chi connectivity index (χ0v) is 16.5. The van der Waals surface area contributed by atoms with E-state index in [2.05, 4.69) is 10.0 Å². The van der Waals surface area contributed by atoms with E-state index in [0.29, 0.717) is 19.3 Å². The second kappa shape index (κ2) is 10.4. The number of nitrogens with zero attached hydrogens (tertiary/aromatic N) is 4. The number of imide groups is 1. The molecule has 2 aromatic carbocycles. The van der Waals surface area contributed by atoms with Crippen molar-refractivity contribution in [1.82, 2.24) is 4.90 Å². The van der Waals surface area contributed by atoms with Crippen molar-refractivity contribution in [2.45, 2.75) is 37.3 Å². The first kappa shape index (κ1) is 21.4. The van der Waals surface area contributed by atoms with Gasteiger partial charge in [0.25, 0.3) is 0 Å². The quantitative estimate of drug-likeness (QED) is 0.386. The van der Waals surface area contributed by atoms with E-state index in [0.717, 1.165) is 16.0 Å². The van der Waals surface area contributed by atoms with Crippen molar-refractivity contribution >= 4 is 12.0 Å². The number of aliphatic hydroxyl groups is 1. The highest BCUT2D eigenvalue weighted by molar-refractivity contribution is 5.97. The van der Waals surface area contributed by atoms with Gasteiger partial charge >= 0.3 is 6.09 Å². The molecule has 1 N–H and O–H groups in total. The minimum atomic E-state index is -1.12. The molecule has 0 spiro atoms. The van der Waals surface area contributed by atoms with Gasteiger partial charge in [-0.1, -0.05) is 65.8 Å². The van der Waals surface area contributed by atoms with Gasteiger partial charge in [-0.05, 0) is 35.9 Å². The summed E-state index contributed by atoms with van der Waals surface area (Å²) in [5.41, 5.74) is 10.9. The molecule has 1 heterocycles. The Hall–Kier alpha value is -3.35. The second-order valence-electron chi connectivity index (χ2n) is 7.16. The molecular formula is C22H24N4O4. The molecule has 0 radical (unpaired) electrons. The van der Waals surface area contributed by atoms with Crippen LogP contribution in [0.3, 0.4) is 0 Å². The summed E-state index contributed by atoms with van der Waals surface area (Å²) in [5.74, 6) is -1.05. The van der Waals surface area contributed by atoms with Gasteiger partial charge in [0.1, 0.15) is 12.6 Å². The normalized spacial score (nSPS) is 17.7. The van der Waals surface area contributed by atoms with E-state index in [1.54, 1.807) is 0 Å². The lowest BCUT2D eigenvalue weighted by Crippen LogP contribution is -2.46. The molecule has 1 aliphatic rings. The molecule has 0 aromatic heterocycles. The molecule has 1 fully saturated rings. The van der Waals surface area contributed by atoms with Crippen molar-refractivity contribution in [3.8, 4) is 0 Å². The third-order valence-electron chi connectivity index (χ3n) is 5.22. The maximum absolute atomic E-state index is 13.4. The first-order valence-corrected chi connectivity index (χ1v) is 9.89. The summed E-state index contributed by atoms with van der Waals surface area (Å²) in [6.07, 6.45) is 0.589. The van der Waals surface area contributed by atoms with E-state index < -0.39 is 30.0 Å². The topological polar surface area (TPSA) is 116 Å². The monoisotopic (exact) mass is 408 g/mol. The highest BCUT2D eigenvalue weighted by Gasteiger charge is 2.43. The van der Waals surface area contributed by atoms with Gasteiger partial charge in [-0.2, -0.15) is 0 Å². The minimum absolute atomic E-state index is 0.0527. The number of hydrogen-bond donors (Lipinski definition) is 1. The summed E-state index contributed by atoms with van der Waals surface area (Å²) in [6.45, 7) is 0.0397. The first-order valence-electron chi connectivity index (χ1n) is 9.89. The lowest BCUT2D eigenvalue weighted by atomic mass is 9.87. The third kappa shape index (κ3) is 4.97. The van der Waals surface area contributed by atoms with E-state index in [1.807, 2.05) is 60.7 Å². The zero-order chi connectivity index (χ0) is 21.3. The van der Waals surface area contributed by atoms with Crippen molar-refractivity contribution < 1.29 is 19.4 Å². The second-order valence-corrected chi connectivity index (χ2v) is 7.16. The number of benzene rings is 2. The van der Waals surface area contributed by atoms with Crippen molar-refractivity contribution in [1.29, 1.82) is 0 Å². The summed E-state index contributed by atoms with van der Waals surface area (Å²) in [7, 11) is 0. The SMILES string of the molecule is [N-]=[N+]=N[C@H](C(=O)N1C(=O)OC[C@@H]1Cc1ccccc1)[C@H](CCCO)c1ccccc1. The Morgan fingerprint density at radius 3 is 2.50 bits per heavy atom. The molecular weight excluding hydrogens is 384 g/mol. The van der Waals surface area contributed by atoms with Gasteiger partial charge in [-0.15, -0.1) is 0 Å². The number of hydrogen-bond acceptors (Lipinski definition) is 5. The molecule has 0 saturated carbocycles. The average Bonchev–Trinajstić information content (AvgIpc) is 3.14. The van der Waals surface area contributed by atoms with Gasteiger partial charge in [0.2, 0.25) is 5.91 Å². The number of carbonyl (C=O) groups excluding carboxylic acids is 2. The largest absolute Gasteiger partial charge is 0.447 e. The van der Waals surface area contributed by atoms with Crippen LogP contribution < -0.4 is 0 Å². The van der Waals surface area contributed by atoms with Crippen LogP contribution in [-0.4, -0.2) is 47.3 Å². The molecule has 3 atom stereocenters. The Balaban J connectivity index is 1.89. The van der Waals surface area contributed by atoms with E-state index in [9.17, 15) is 14.7 Å². The van der Waals surface area contributed by atoms with E-state index in [1.165, 1.54) is 0 Å². The van der Waals surface area contributed by atoms with Crippen LogP contribution in [0.5, 0.6) is 0 Å². The molecule has 30 heavy (non-hydrogen) atoms. The maximum Gasteiger partial charge on any atom is 0.416 e. The molecule has 0 bridgehead atoms. The van der Waals surface area contributed by atoms with E-state index >= 15 is 0 Å². The molecule has 8 heteroatoms. The predicted octanol–water partition coefficient (Wildman–Crippen LogP) is 3.81. The number of aliphatic hydroxyl groups excluding tert-OH is 1. The van der Waals surface area contributed by atoms with Crippen molar-refractivity contribution in [3.05, 3.63) is 82.2 Å². The highest BCUT2D eigenvalue weighted by Crippen LogP contribution is 2.30. The smallest absolute Gasteiger partial charge is 0.416 e. The number of cyclic esters (lactones) is 1. The van der Waals surface area contributed by atoms with Crippen LogP contribution in [-0.2, 0) is 16.0 Å². The number of carbonyl (C=O) groups is 2. The Morgan fingerprint density at radius 1 is 1.20 bits per heavy atom. The van der Waals surface area contributed by atoms with Gasteiger partial charge in [-0.3, -0.25) is 4.79 Å². The molecule has 0 aliphatic carbocycles. The molecule has 2 amide bonds. The molecule has 0 unspecified atom stereocenters. The summed E-state index contributed by atoms with van der Waals surface area (Å²) in [5, 5.41) is 13.1. The van der Waals surface area contributed by atoms with Crippen LogP contribution in [0.25, 0.3) is 10.4 Å². The average molecular weight is 408 g/mol. The Kier molecular flexibility index (Phi) is 7.43. The predicted molar refractivity (Wildman–Crippen MR) is 111 cm³/mol. The van der Waals surface area contributed by atoms with Gasteiger partial charge in [0.05, 0.1) is 6.04 Å². The number of amides is 2. The highest BCUT2D eigenvalue weighted by atomic mass is 16.6. The Morgan fingerprint density at radius 2 is 1.87 bits per heavy atom. The summed E-state index contributed by atoms with van der Waals surface area (Å²) < 4.78 is 5.16. The molecule has 3 rings (SSSR count). The van der Waals surface area contributed by atoms with Crippen LogP contribution in [0, 0.1) is 0 Å². The number of rotatable bonds is 9. The lowest BCUT2D eigenvalue weighted by Gasteiger charge is -2.28. The van der Waals surface area contributed by atoms with E-state index in [4.69, 9.17) is 10.3 Å². The third-order valence-corrected chi connectivity index (χ3v) is 5.22. The van der Waals surface area contributed by atoms with Gasteiger partial charge < -0.3 is 9.84 Å². The molecule has 8 nitrogen and oxygen atoms in total. The maximum atomic E-state index is 13.4. The fourth-order valence-corrected chi connectivity index (χ4v) is 3.79. The Bertz CT molecular complexity index is 900. The van der Waals surface area contributed by atoms with Crippen molar-refractivity contribution in [2.24, 2.45) is 5.11 Å². The summed E-state index contributed by atoms with van der Waals surface area (Å²) in [6, 6.07) is 17.1. The van der Waals surface area contributed by atoms with Gasteiger partial charge in [0, 0.05) is 17.4 Å². The lowest BCUT2D eigenvalue weighted by molar-refractivity contribution is -0.131. The van der Waals surface area contributed by atoms with Crippen LogP contribution in [0.15, 0.2) is 65.8 Å². The fourth-order valence-electron chi connectivity index (χ4n) is 3.79. The van der Waals surface area contributed by atoms with E-state index in [-0.39, 0.29) is 13.2 Å². The first-order chi connectivity index (χ1) is 14.7. The fraction of sp³-hybridized carbons (Fsp3) is 0.364. The van der Waals surface area contributed by atoms with Gasteiger partial charge in [0.15, 0.2) is 0 Å². The van der Waals surface area contributed by atoms with Crippen molar-refractivity contribution in [3.63, 3.8) is 0 Å². The zero-order valence-electron chi connectivity index (χ0n) is 16.5. The Labute approximate surface area is 174 Å². The molecule has 156 valence electrons. The summed E-state index contributed by atoms with van der Waals surface area (Å²) >= 11 is 0. The minimum Gasteiger partial charge on any atom is -0.447 e. The van der Waals surface area contributed by atoms with Gasteiger partial charge in [-0.25, -0.2) is 9.69 Å². The summed E-state index contributed by atoms with van der Waals surface area (Å²) in [4.78, 5) is 29.8. The molecule has 1 saturated heterocycles. The van der Waals surface area contributed by atoms with Crippen LogP contribution >= 0.6 is 0 Å².